The van der Waals surface area contributed by atoms with E-state index in [0.717, 1.165) is 5.56 Å². The van der Waals surface area contributed by atoms with Crippen LogP contribution in [-0.2, 0) is 11.3 Å². The number of piperidine rings is 1. The average molecular weight is 382 g/mol. The van der Waals surface area contributed by atoms with Crippen LogP contribution in [0.1, 0.15) is 18.4 Å². The zero-order valence-electron chi connectivity index (χ0n) is 14.2. The first-order valence-electron chi connectivity index (χ1n) is 8.37. The van der Waals surface area contributed by atoms with Gasteiger partial charge in [0.25, 0.3) is 5.54 Å². The fourth-order valence-electron chi connectivity index (χ4n) is 3.98. The molecule has 0 unspecified atom stereocenters. The minimum absolute atomic E-state index is 0.0681. The zero-order valence-corrected chi connectivity index (χ0v) is 14.9. The molecule has 0 amide bonds. The van der Waals surface area contributed by atoms with Gasteiger partial charge in [-0.15, -0.1) is 11.6 Å². The van der Waals surface area contributed by atoms with Crippen LogP contribution in [0.15, 0.2) is 42.2 Å². The van der Waals surface area contributed by atoms with E-state index in [4.69, 9.17) is 16.3 Å². The molecule has 1 aromatic carbocycles. The van der Waals surface area contributed by atoms with Gasteiger partial charge in [0.05, 0.1) is 25.4 Å². The largest absolute Gasteiger partial charge is 0.489 e. The maximum absolute atomic E-state index is 12.0. The summed E-state index contributed by atoms with van der Waals surface area (Å²) in [6.45, 7) is 0.782. The summed E-state index contributed by atoms with van der Waals surface area (Å²) in [4.78, 5) is 24.9. The number of alkyl halides is 1. The van der Waals surface area contributed by atoms with Crippen LogP contribution in [-0.4, -0.2) is 51.4 Å². The summed E-state index contributed by atoms with van der Waals surface area (Å²) >= 11 is 5.65. The molecule has 2 aliphatic rings. The van der Waals surface area contributed by atoms with E-state index < -0.39 is 16.0 Å². The van der Waals surface area contributed by atoms with Crippen molar-refractivity contribution in [3.63, 3.8) is 0 Å². The molecule has 1 aromatic rings. The first-order chi connectivity index (χ1) is 12.4. The molecule has 0 spiro atoms. The number of hydrogen-bond acceptors (Lipinski definition) is 6. The van der Waals surface area contributed by atoms with E-state index in [1.165, 1.54) is 6.08 Å². The maximum atomic E-state index is 12.0. The number of rotatable bonds is 7. The molecule has 9 heteroatoms. The molecule has 26 heavy (non-hydrogen) atoms. The van der Waals surface area contributed by atoms with Crippen molar-refractivity contribution in [2.24, 2.45) is 0 Å². The second-order valence-electron chi connectivity index (χ2n) is 6.89. The van der Waals surface area contributed by atoms with Crippen molar-refractivity contribution in [3.05, 3.63) is 68.0 Å². The number of benzene rings is 1. The van der Waals surface area contributed by atoms with Crippen molar-refractivity contribution in [1.29, 1.82) is 0 Å². The van der Waals surface area contributed by atoms with Gasteiger partial charge in [0.15, 0.2) is 5.76 Å². The SMILES string of the molecule is O=[N+]([O-])[C@@]12CC=C(OCCCl)[C@]([N+](=O)[O-])(CN(Cc3ccccc3)C1)C2. The van der Waals surface area contributed by atoms with Crippen molar-refractivity contribution >= 4 is 11.6 Å². The van der Waals surface area contributed by atoms with Gasteiger partial charge in [0, 0.05) is 22.8 Å². The topological polar surface area (TPSA) is 98.8 Å². The highest BCUT2D eigenvalue weighted by Gasteiger charge is 2.66. The highest BCUT2D eigenvalue weighted by Crippen LogP contribution is 2.45. The molecule has 0 N–H and O–H groups in total. The lowest BCUT2D eigenvalue weighted by atomic mass is 9.71. The Morgan fingerprint density at radius 2 is 1.88 bits per heavy atom. The van der Waals surface area contributed by atoms with Crippen molar-refractivity contribution in [2.45, 2.75) is 30.5 Å². The van der Waals surface area contributed by atoms with Crippen LogP contribution < -0.4 is 0 Å². The summed E-state index contributed by atoms with van der Waals surface area (Å²) in [5.41, 5.74) is -2.05. The summed E-state index contributed by atoms with van der Waals surface area (Å²) in [7, 11) is 0. The van der Waals surface area contributed by atoms with Crippen LogP contribution in [0.4, 0.5) is 0 Å². The molecule has 0 aromatic heterocycles. The molecule has 0 radical (unpaired) electrons. The van der Waals surface area contributed by atoms with Crippen molar-refractivity contribution < 1.29 is 14.6 Å². The number of halogens is 1. The Hall–Kier alpha value is -2.19. The number of hydrogen-bond donors (Lipinski definition) is 0. The third kappa shape index (κ3) is 3.26. The summed E-state index contributed by atoms with van der Waals surface area (Å²) in [5, 5.41) is 23.9. The van der Waals surface area contributed by atoms with Gasteiger partial charge in [-0.05, 0) is 11.6 Å². The Morgan fingerprint density at radius 1 is 1.15 bits per heavy atom. The van der Waals surface area contributed by atoms with E-state index in [0.29, 0.717) is 6.54 Å². The van der Waals surface area contributed by atoms with Gasteiger partial charge in [-0.2, -0.15) is 0 Å². The van der Waals surface area contributed by atoms with E-state index in [2.05, 4.69) is 0 Å². The summed E-state index contributed by atoms with van der Waals surface area (Å²) in [5.74, 6) is 0.387. The lowest BCUT2D eigenvalue weighted by Gasteiger charge is -2.45. The maximum Gasteiger partial charge on any atom is 0.296 e. The Bertz CT molecular complexity index is 728. The predicted molar refractivity (Wildman–Crippen MR) is 95.2 cm³/mol. The van der Waals surface area contributed by atoms with Gasteiger partial charge >= 0.3 is 0 Å². The van der Waals surface area contributed by atoms with Crippen LogP contribution in [0.2, 0.25) is 0 Å². The Kier molecular flexibility index (Phi) is 5.15. The van der Waals surface area contributed by atoms with E-state index in [1.54, 1.807) is 4.90 Å². The molecule has 140 valence electrons. The van der Waals surface area contributed by atoms with Gasteiger partial charge in [0.2, 0.25) is 5.54 Å². The summed E-state index contributed by atoms with van der Waals surface area (Å²) < 4.78 is 5.54. The molecule has 1 saturated heterocycles. The lowest BCUT2D eigenvalue weighted by molar-refractivity contribution is -0.624. The van der Waals surface area contributed by atoms with Crippen molar-refractivity contribution in [3.8, 4) is 0 Å². The molecule has 2 bridgehead atoms. The average Bonchev–Trinajstić information content (AvgIpc) is 2.61. The zero-order chi connectivity index (χ0) is 18.8. The molecular formula is C17H20ClN3O5. The third-order valence-electron chi connectivity index (χ3n) is 5.07. The minimum atomic E-state index is -1.62. The monoisotopic (exact) mass is 381 g/mol. The number of likely N-dealkylation sites (tertiary alicyclic amines) is 1. The van der Waals surface area contributed by atoms with Crippen LogP contribution >= 0.6 is 11.6 Å². The number of nitrogens with zero attached hydrogens (tertiary/aromatic N) is 3. The third-order valence-corrected chi connectivity index (χ3v) is 5.23. The van der Waals surface area contributed by atoms with E-state index in [1.807, 2.05) is 30.3 Å². The molecule has 1 aliphatic carbocycles. The normalized spacial score (nSPS) is 28.3. The summed E-state index contributed by atoms with van der Waals surface area (Å²) in [6.07, 6.45) is 1.46. The highest BCUT2D eigenvalue weighted by molar-refractivity contribution is 6.17. The fourth-order valence-corrected chi connectivity index (χ4v) is 4.05. The van der Waals surface area contributed by atoms with Gasteiger partial charge in [-0.3, -0.25) is 25.1 Å². The number of nitro groups is 2. The molecule has 3 rings (SSSR count). The van der Waals surface area contributed by atoms with Crippen LogP contribution in [0, 0.1) is 20.2 Å². The highest BCUT2D eigenvalue weighted by atomic mass is 35.5. The molecule has 8 nitrogen and oxygen atoms in total. The van der Waals surface area contributed by atoms with E-state index >= 15 is 0 Å². The van der Waals surface area contributed by atoms with E-state index in [9.17, 15) is 20.2 Å². The minimum Gasteiger partial charge on any atom is -0.489 e. The predicted octanol–water partition coefficient (Wildman–Crippen LogP) is 2.47. The molecule has 0 saturated carbocycles. The molecule has 1 fully saturated rings. The van der Waals surface area contributed by atoms with E-state index in [-0.39, 0.29) is 49.1 Å². The fraction of sp³-hybridized carbons (Fsp3) is 0.529. The Labute approximate surface area is 155 Å². The van der Waals surface area contributed by atoms with Gasteiger partial charge in [0.1, 0.15) is 6.61 Å². The van der Waals surface area contributed by atoms with Crippen LogP contribution in [0.3, 0.4) is 0 Å². The first kappa shape index (κ1) is 18.6. The first-order valence-corrected chi connectivity index (χ1v) is 8.90. The lowest BCUT2D eigenvalue weighted by Crippen LogP contribution is -2.67. The molecule has 1 heterocycles. The number of ether oxygens (including phenoxy) is 1. The molecule has 2 atom stereocenters. The van der Waals surface area contributed by atoms with Crippen molar-refractivity contribution in [2.75, 3.05) is 25.6 Å². The second-order valence-corrected chi connectivity index (χ2v) is 7.27. The smallest absolute Gasteiger partial charge is 0.296 e. The standard InChI is InChI=1S/C17H20ClN3O5/c18-8-9-26-15-6-7-16(20(22)23)11-17(15,21(24)25)13-19(12-16)10-14-4-2-1-3-5-14/h1-6H,7-13H2/t16-,17-/m1/s1. The quantitative estimate of drug-likeness (QED) is 0.408. The van der Waals surface area contributed by atoms with Gasteiger partial charge in [-0.25, -0.2) is 0 Å². The molecule has 1 aliphatic heterocycles. The van der Waals surface area contributed by atoms with Crippen molar-refractivity contribution in [1.82, 2.24) is 4.90 Å². The van der Waals surface area contributed by atoms with Gasteiger partial charge in [-0.1, -0.05) is 30.3 Å². The Morgan fingerprint density at radius 3 is 2.50 bits per heavy atom. The number of fused-ring (bicyclic) bond motifs is 2. The van der Waals surface area contributed by atoms with Crippen LogP contribution in [0.25, 0.3) is 0 Å². The van der Waals surface area contributed by atoms with Gasteiger partial charge < -0.3 is 4.74 Å². The Balaban J connectivity index is 1.97. The summed E-state index contributed by atoms with van der Waals surface area (Å²) in [6, 6.07) is 9.45. The molecular weight excluding hydrogens is 362 g/mol. The van der Waals surface area contributed by atoms with Crippen LogP contribution in [0.5, 0.6) is 0 Å². The second kappa shape index (κ2) is 7.20.